The lowest BCUT2D eigenvalue weighted by Gasteiger charge is -2.40. The maximum Gasteiger partial charge on any atom is 0.325 e. The molecule has 2 heterocycles. The first-order valence-electron chi connectivity index (χ1n) is 10.6. The quantitative estimate of drug-likeness (QED) is 0.612. The van der Waals surface area contributed by atoms with Gasteiger partial charge in [-0.3, -0.25) is 19.3 Å². The number of ketones is 1. The minimum absolute atomic E-state index is 0.0171. The molecule has 30 heavy (non-hydrogen) atoms. The van der Waals surface area contributed by atoms with Crippen LogP contribution in [0.4, 0.5) is 10.5 Å². The van der Waals surface area contributed by atoms with Crippen LogP contribution in [-0.2, 0) is 16.0 Å². The molecular weight excluding hydrogens is 382 g/mol. The van der Waals surface area contributed by atoms with Crippen LogP contribution >= 0.6 is 0 Å². The van der Waals surface area contributed by atoms with E-state index in [1.807, 2.05) is 0 Å². The van der Waals surface area contributed by atoms with Gasteiger partial charge in [0.25, 0.3) is 5.91 Å². The highest BCUT2D eigenvalue weighted by Crippen LogP contribution is 2.43. The second-order valence-electron chi connectivity index (χ2n) is 9.94. The van der Waals surface area contributed by atoms with E-state index in [2.05, 4.69) is 26.1 Å². The molecule has 0 radical (unpaired) electrons. The molecule has 2 fully saturated rings. The van der Waals surface area contributed by atoms with Crippen LogP contribution in [-0.4, -0.2) is 47.7 Å². The van der Waals surface area contributed by atoms with Crippen molar-refractivity contribution in [3.05, 3.63) is 29.3 Å². The summed E-state index contributed by atoms with van der Waals surface area (Å²) in [5.74, 6) is -0.0970. The molecule has 1 aliphatic carbocycles. The van der Waals surface area contributed by atoms with E-state index in [1.165, 1.54) is 0 Å². The number of hydrogen-bond donors (Lipinski definition) is 1. The maximum absolute atomic E-state index is 13.1. The molecule has 0 bridgehead atoms. The number of anilines is 1. The molecule has 7 heteroatoms. The number of nitrogens with one attached hydrogen (secondary N) is 1. The average Bonchev–Trinajstić information content (AvgIpc) is 3.09. The summed E-state index contributed by atoms with van der Waals surface area (Å²) in [5, 5.41) is 2.89. The van der Waals surface area contributed by atoms with Crippen molar-refractivity contribution < 1.29 is 19.2 Å². The third-order valence-corrected chi connectivity index (χ3v) is 7.09. The number of rotatable bonds is 3. The fraction of sp³-hybridized carbons (Fsp3) is 0.565. The van der Waals surface area contributed by atoms with Crippen molar-refractivity contribution in [1.82, 2.24) is 10.2 Å². The van der Waals surface area contributed by atoms with Crippen LogP contribution in [0, 0.1) is 11.3 Å². The lowest BCUT2D eigenvalue weighted by atomic mass is 9.67. The Morgan fingerprint density at radius 2 is 1.83 bits per heavy atom. The smallest absolute Gasteiger partial charge is 0.323 e. The predicted octanol–water partition coefficient (Wildman–Crippen LogP) is 2.92. The molecule has 1 spiro atoms. The summed E-state index contributed by atoms with van der Waals surface area (Å²) in [7, 11) is 1.71. The van der Waals surface area contributed by atoms with E-state index in [0.717, 1.165) is 29.0 Å². The summed E-state index contributed by atoms with van der Waals surface area (Å²) >= 11 is 0. The Morgan fingerprint density at radius 3 is 2.47 bits per heavy atom. The van der Waals surface area contributed by atoms with Crippen LogP contribution in [0.3, 0.4) is 0 Å². The molecule has 4 amide bonds. The monoisotopic (exact) mass is 411 g/mol. The first-order valence-corrected chi connectivity index (χ1v) is 10.6. The molecular formula is C23H29N3O4. The number of amides is 4. The van der Waals surface area contributed by atoms with Gasteiger partial charge in [-0.25, -0.2) is 4.79 Å². The van der Waals surface area contributed by atoms with Gasteiger partial charge in [-0.15, -0.1) is 0 Å². The van der Waals surface area contributed by atoms with Crippen LogP contribution in [0.2, 0.25) is 0 Å². The summed E-state index contributed by atoms with van der Waals surface area (Å²) in [6.07, 6.45) is 3.23. The largest absolute Gasteiger partial charge is 0.325 e. The molecule has 1 saturated carbocycles. The van der Waals surface area contributed by atoms with Gasteiger partial charge in [-0.05, 0) is 60.8 Å². The molecule has 0 unspecified atom stereocenters. The number of fused-ring (bicyclic) bond motifs is 1. The van der Waals surface area contributed by atoms with Gasteiger partial charge in [0.15, 0.2) is 5.78 Å². The molecule has 160 valence electrons. The van der Waals surface area contributed by atoms with Crippen molar-refractivity contribution in [2.75, 3.05) is 18.5 Å². The molecule has 1 N–H and O–H groups in total. The van der Waals surface area contributed by atoms with Crippen molar-refractivity contribution in [2.45, 2.75) is 58.4 Å². The number of urea groups is 1. The van der Waals surface area contributed by atoms with E-state index in [0.29, 0.717) is 24.3 Å². The third kappa shape index (κ3) is 3.30. The van der Waals surface area contributed by atoms with Gasteiger partial charge in [0.05, 0.1) is 13.0 Å². The van der Waals surface area contributed by atoms with Crippen molar-refractivity contribution >= 4 is 29.3 Å². The highest BCUT2D eigenvalue weighted by molar-refractivity contribution is 6.11. The topological polar surface area (TPSA) is 86.8 Å². The SMILES string of the molecule is CN1C(=O)Cc2cc(C(=O)CN3C(=O)NC4(CCC(C(C)(C)C)CC4)C3=O)ccc21. The molecule has 2 aliphatic heterocycles. The van der Waals surface area contributed by atoms with Gasteiger partial charge in [0.1, 0.15) is 5.54 Å². The second-order valence-corrected chi connectivity index (χ2v) is 9.94. The fourth-order valence-corrected chi connectivity index (χ4v) is 5.01. The number of carbonyl (C=O) groups is 4. The molecule has 0 atom stereocenters. The molecule has 3 aliphatic rings. The van der Waals surface area contributed by atoms with Crippen LogP contribution in [0.25, 0.3) is 0 Å². The molecule has 1 aromatic rings. The maximum atomic E-state index is 13.1. The third-order valence-electron chi connectivity index (χ3n) is 7.09. The van der Waals surface area contributed by atoms with Crippen molar-refractivity contribution in [2.24, 2.45) is 11.3 Å². The number of carbonyl (C=O) groups excluding carboxylic acids is 4. The van der Waals surface area contributed by atoms with E-state index < -0.39 is 11.6 Å². The van der Waals surface area contributed by atoms with Gasteiger partial charge < -0.3 is 10.2 Å². The predicted molar refractivity (Wildman–Crippen MR) is 112 cm³/mol. The van der Waals surface area contributed by atoms with Gasteiger partial charge in [-0.2, -0.15) is 0 Å². The minimum Gasteiger partial charge on any atom is -0.323 e. The Hall–Kier alpha value is -2.70. The Kier molecular flexibility index (Phi) is 4.75. The highest BCUT2D eigenvalue weighted by atomic mass is 16.2. The molecule has 7 nitrogen and oxygen atoms in total. The number of benzene rings is 1. The van der Waals surface area contributed by atoms with E-state index >= 15 is 0 Å². The van der Waals surface area contributed by atoms with Crippen molar-refractivity contribution in [1.29, 1.82) is 0 Å². The van der Waals surface area contributed by atoms with E-state index in [4.69, 9.17) is 0 Å². The number of imide groups is 1. The zero-order valence-corrected chi connectivity index (χ0v) is 18.1. The molecule has 4 rings (SSSR count). The summed E-state index contributed by atoms with van der Waals surface area (Å²) in [5.41, 5.74) is 1.30. The fourth-order valence-electron chi connectivity index (χ4n) is 5.01. The van der Waals surface area contributed by atoms with Gasteiger partial charge in [-0.1, -0.05) is 20.8 Å². The van der Waals surface area contributed by atoms with Crippen molar-refractivity contribution in [3.8, 4) is 0 Å². The normalized spacial score (nSPS) is 26.4. The lowest BCUT2D eigenvalue weighted by molar-refractivity contribution is -0.132. The standard InChI is InChI=1S/C23H29N3O4/c1-22(2,3)16-7-9-23(10-8-16)20(29)26(21(30)24-23)13-18(27)14-5-6-17-15(11-14)12-19(28)25(17)4/h5-6,11,16H,7-10,12-13H2,1-4H3,(H,24,30). The lowest BCUT2D eigenvalue weighted by Crippen LogP contribution is -2.50. The number of likely N-dealkylation sites (N-methyl/N-ethyl adjacent to an activating group) is 1. The van der Waals surface area contributed by atoms with E-state index in [9.17, 15) is 19.2 Å². The zero-order valence-electron chi connectivity index (χ0n) is 18.1. The number of Topliss-reactive ketones (excluding diaryl/α,β-unsaturated/α-hetero) is 1. The first kappa shape index (κ1) is 20.6. The molecule has 0 aromatic heterocycles. The summed E-state index contributed by atoms with van der Waals surface area (Å²) in [4.78, 5) is 53.0. The Labute approximate surface area is 176 Å². The van der Waals surface area contributed by atoms with Crippen LogP contribution in [0.15, 0.2) is 18.2 Å². The molecule has 1 saturated heterocycles. The van der Waals surface area contributed by atoms with E-state index in [1.54, 1.807) is 30.1 Å². The number of nitrogens with zero attached hydrogens (tertiary/aromatic N) is 2. The first-order chi connectivity index (χ1) is 14.0. The van der Waals surface area contributed by atoms with E-state index in [-0.39, 0.29) is 36.0 Å². The summed E-state index contributed by atoms with van der Waals surface area (Å²) in [6, 6.07) is 4.61. The Balaban J connectivity index is 1.46. The zero-order chi connectivity index (χ0) is 21.8. The van der Waals surface area contributed by atoms with Gasteiger partial charge in [0.2, 0.25) is 5.91 Å². The van der Waals surface area contributed by atoms with Crippen LogP contribution in [0.5, 0.6) is 0 Å². The molecule has 1 aromatic carbocycles. The Bertz CT molecular complexity index is 938. The minimum atomic E-state index is -0.869. The van der Waals surface area contributed by atoms with Crippen LogP contribution in [0.1, 0.15) is 62.4 Å². The van der Waals surface area contributed by atoms with Gasteiger partial charge >= 0.3 is 6.03 Å². The number of hydrogen-bond acceptors (Lipinski definition) is 4. The Morgan fingerprint density at radius 1 is 1.17 bits per heavy atom. The van der Waals surface area contributed by atoms with Crippen molar-refractivity contribution in [3.63, 3.8) is 0 Å². The van der Waals surface area contributed by atoms with Crippen LogP contribution < -0.4 is 10.2 Å². The average molecular weight is 412 g/mol. The summed E-state index contributed by atoms with van der Waals surface area (Å²) in [6.45, 7) is 6.34. The highest BCUT2D eigenvalue weighted by Gasteiger charge is 2.53. The summed E-state index contributed by atoms with van der Waals surface area (Å²) < 4.78 is 0. The van der Waals surface area contributed by atoms with Gasteiger partial charge in [0, 0.05) is 18.3 Å². The second kappa shape index (κ2) is 6.93.